The topological polar surface area (TPSA) is 47.3 Å². The molecule has 1 aromatic rings. The van der Waals surface area contributed by atoms with Crippen molar-refractivity contribution in [1.82, 2.24) is 0 Å². The third-order valence-electron chi connectivity index (χ3n) is 1.98. The van der Waals surface area contributed by atoms with E-state index in [1.165, 1.54) is 6.26 Å². The van der Waals surface area contributed by atoms with Crippen LogP contribution in [0.4, 0.5) is 0 Å². The molecule has 1 aliphatic rings. The molecule has 2 rings (SSSR count). The number of carbonyl (C=O) groups is 2. The Kier molecular flexibility index (Phi) is 2.13. The van der Waals surface area contributed by atoms with Crippen LogP contribution < -0.4 is 0 Å². The second-order valence-corrected chi connectivity index (χ2v) is 5.43. The van der Waals surface area contributed by atoms with E-state index in [1.807, 2.05) is 0 Å². The highest BCUT2D eigenvalue weighted by Crippen LogP contribution is 2.59. The molecular weight excluding hydrogens is 200 g/mol. The van der Waals surface area contributed by atoms with E-state index in [1.54, 1.807) is 29.0 Å². The summed E-state index contributed by atoms with van der Waals surface area (Å²) in [6, 6.07) is 1.57. The fourth-order valence-corrected chi connectivity index (χ4v) is 3.31. The van der Waals surface area contributed by atoms with Gasteiger partial charge >= 0.3 is 0 Å². The van der Waals surface area contributed by atoms with E-state index in [-0.39, 0.29) is 0 Å². The lowest BCUT2D eigenvalue weighted by Crippen LogP contribution is -1.94. The molecule has 0 saturated carbocycles. The van der Waals surface area contributed by atoms with Crippen LogP contribution in [0.5, 0.6) is 0 Å². The minimum absolute atomic E-state index is 0.448. The average Bonchev–Trinajstić information content (AvgIpc) is 2.86. The van der Waals surface area contributed by atoms with E-state index in [9.17, 15) is 9.59 Å². The fourth-order valence-electron chi connectivity index (χ4n) is 1.31. The minimum atomic E-state index is -1.82. The largest absolute Gasteiger partial charge is 0.458 e. The van der Waals surface area contributed by atoms with Gasteiger partial charge in [0, 0.05) is 0 Å². The van der Waals surface area contributed by atoms with E-state index >= 15 is 0 Å². The van der Waals surface area contributed by atoms with Crippen LogP contribution in [0.3, 0.4) is 0 Å². The standard InChI is InChI=1S/C10H8O3S/c11-7-9-3-4-13-10(9)14(8-12)5-1-2-6-14/h1-8H. The van der Waals surface area contributed by atoms with Crippen molar-refractivity contribution >= 4 is 21.9 Å². The Hall–Kier alpha value is -1.55. The maximum atomic E-state index is 11.1. The monoisotopic (exact) mass is 208 g/mol. The molecule has 0 atom stereocenters. The minimum Gasteiger partial charge on any atom is -0.458 e. The van der Waals surface area contributed by atoms with Gasteiger partial charge in [0.05, 0.1) is 11.8 Å². The first-order valence-corrected chi connectivity index (χ1v) is 5.81. The summed E-state index contributed by atoms with van der Waals surface area (Å²) in [5.41, 5.74) is 1.29. The second-order valence-electron chi connectivity index (χ2n) is 2.80. The van der Waals surface area contributed by atoms with Gasteiger partial charge in [-0.3, -0.25) is 9.59 Å². The molecule has 4 heteroatoms. The normalized spacial score (nSPS) is 19.4. The van der Waals surface area contributed by atoms with Crippen LogP contribution in [0, 0.1) is 0 Å². The Morgan fingerprint density at radius 3 is 2.50 bits per heavy atom. The van der Waals surface area contributed by atoms with Crippen molar-refractivity contribution < 1.29 is 14.0 Å². The lowest BCUT2D eigenvalue weighted by molar-refractivity contribution is 0.111. The van der Waals surface area contributed by atoms with Crippen molar-refractivity contribution in [1.29, 1.82) is 0 Å². The molecule has 72 valence electrons. The maximum absolute atomic E-state index is 11.1. The predicted octanol–water partition coefficient (Wildman–Crippen LogP) is 2.49. The Morgan fingerprint density at radius 1 is 1.21 bits per heavy atom. The van der Waals surface area contributed by atoms with Crippen molar-refractivity contribution in [3.05, 3.63) is 40.9 Å². The summed E-state index contributed by atoms with van der Waals surface area (Å²) < 4.78 is 5.21. The summed E-state index contributed by atoms with van der Waals surface area (Å²) in [7, 11) is -1.82. The zero-order valence-corrected chi connectivity index (χ0v) is 8.07. The molecule has 0 N–H and O–H groups in total. The van der Waals surface area contributed by atoms with Gasteiger partial charge in [-0.25, -0.2) is 0 Å². The molecule has 0 radical (unpaired) electrons. The van der Waals surface area contributed by atoms with Gasteiger partial charge in [-0.05, 0) is 16.9 Å². The molecular formula is C10H8O3S. The molecule has 14 heavy (non-hydrogen) atoms. The number of aldehydes is 1. The molecule has 0 aliphatic carbocycles. The summed E-state index contributed by atoms with van der Waals surface area (Å²) in [6.07, 6.45) is 5.72. The van der Waals surface area contributed by atoms with E-state index in [0.717, 1.165) is 5.62 Å². The summed E-state index contributed by atoms with van der Waals surface area (Å²) in [4.78, 5) is 21.7. The zero-order chi connectivity index (χ0) is 10.0. The number of hydrogen-bond donors (Lipinski definition) is 0. The molecule has 0 bridgehead atoms. The summed E-state index contributed by atoms with van der Waals surface area (Å²) in [5, 5.41) is 4.03. The van der Waals surface area contributed by atoms with Crippen LogP contribution in [0.1, 0.15) is 10.4 Å². The van der Waals surface area contributed by atoms with E-state index < -0.39 is 10.0 Å². The van der Waals surface area contributed by atoms with Gasteiger partial charge in [-0.15, -0.1) is 0 Å². The lowest BCUT2D eigenvalue weighted by Gasteiger charge is -2.21. The van der Waals surface area contributed by atoms with Crippen LogP contribution >= 0.6 is 10.0 Å². The third-order valence-corrected chi connectivity index (χ3v) is 4.49. The smallest absolute Gasteiger partial charge is 0.172 e. The lowest BCUT2D eigenvalue weighted by atomic mass is 10.4. The maximum Gasteiger partial charge on any atom is 0.172 e. The highest BCUT2D eigenvalue weighted by atomic mass is 32.3. The van der Waals surface area contributed by atoms with E-state index in [2.05, 4.69) is 0 Å². The fraction of sp³-hybridized carbons (Fsp3) is 0. The first-order valence-electron chi connectivity index (χ1n) is 3.98. The number of carbonyl (C=O) groups excluding carboxylic acids is 2. The van der Waals surface area contributed by atoms with E-state index in [4.69, 9.17) is 4.42 Å². The second kappa shape index (κ2) is 3.31. The summed E-state index contributed by atoms with van der Waals surface area (Å²) in [5.74, 6) is 0. The summed E-state index contributed by atoms with van der Waals surface area (Å²) >= 11 is 0. The Bertz CT molecular complexity index is 416. The van der Waals surface area contributed by atoms with Crippen molar-refractivity contribution in [2.75, 3.05) is 0 Å². The molecule has 0 aromatic carbocycles. The molecule has 0 fully saturated rings. The molecule has 2 heterocycles. The Morgan fingerprint density at radius 2 is 1.93 bits per heavy atom. The number of furan rings is 1. The van der Waals surface area contributed by atoms with Crippen LogP contribution in [-0.4, -0.2) is 11.9 Å². The molecule has 1 aromatic heterocycles. The zero-order valence-electron chi connectivity index (χ0n) is 7.25. The first kappa shape index (κ1) is 9.02. The first-order chi connectivity index (χ1) is 6.82. The quantitative estimate of drug-likeness (QED) is 0.717. The van der Waals surface area contributed by atoms with Crippen LogP contribution in [0.15, 0.2) is 44.8 Å². The highest BCUT2D eigenvalue weighted by Gasteiger charge is 2.28. The average molecular weight is 208 g/mol. The van der Waals surface area contributed by atoms with Crippen LogP contribution in [0.25, 0.3) is 0 Å². The molecule has 0 amide bonds. The van der Waals surface area contributed by atoms with Gasteiger partial charge in [0.1, 0.15) is 0 Å². The Balaban J connectivity index is 2.57. The van der Waals surface area contributed by atoms with Gasteiger partial charge in [-0.2, -0.15) is 0 Å². The number of allylic oxidation sites excluding steroid dienone is 2. The van der Waals surface area contributed by atoms with Crippen molar-refractivity contribution in [3.63, 3.8) is 0 Å². The predicted molar refractivity (Wildman–Crippen MR) is 55.0 cm³/mol. The number of hydrogen-bond acceptors (Lipinski definition) is 3. The summed E-state index contributed by atoms with van der Waals surface area (Å²) in [6.45, 7) is 0. The van der Waals surface area contributed by atoms with Gasteiger partial charge in [0.15, 0.2) is 17.0 Å². The van der Waals surface area contributed by atoms with Crippen molar-refractivity contribution in [3.8, 4) is 0 Å². The van der Waals surface area contributed by atoms with Crippen molar-refractivity contribution in [2.45, 2.75) is 5.09 Å². The third kappa shape index (κ3) is 1.15. The van der Waals surface area contributed by atoms with Gasteiger partial charge < -0.3 is 4.42 Å². The SMILES string of the molecule is O=Cc1ccoc1S1(C=O)C=CC=C1. The molecule has 1 aliphatic heterocycles. The molecule has 0 unspecified atom stereocenters. The van der Waals surface area contributed by atoms with Crippen molar-refractivity contribution in [2.24, 2.45) is 0 Å². The van der Waals surface area contributed by atoms with Gasteiger partial charge in [0.2, 0.25) is 0 Å². The molecule has 0 spiro atoms. The van der Waals surface area contributed by atoms with Gasteiger partial charge in [-0.1, -0.05) is 22.2 Å². The van der Waals surface area contributed by atoms with Crippen LogP contribution in [-0.2, 0) is 4.79 Å². The Labute approximate surface area is 82.4 Å². The number of rotatable bonds is 3. The van der Waals surface area contributed by atoms with E-state index in [0.29, 0.717) is 16.9 Å². The molecule has 3 nitrogen and oxygen atoms in total. The molecule has 0 saturated heterocycles. The van der Waals surface area contributed by atoms with Crippen LogP contribution in [0.2, 0.25) is 0 Å². The van der Waals surface area contributed by atoms with Gasteiger partial charge in [0.25, 0.3) is 0 Å². The highest BCUT2D eigenvalue weighted by molar-refractivity contribution is 8.48.